The summed E-state index contributed by atoms with van der Waals surface area (Å²) in [7, 11) is 0. The number of nitrogens with zero attached hydrogens (tertiary/aromatic N) is 4. The standard InChI is InChI=1S/C12H15ClFN5O2/c1-4(2)8-7(20)5(14)11(21-8)19-3-16-6-9(15)17-12(13)18-10(6)19/h3-5,7-8,11,20H,1-2H3,(H2,15,17,18)/t5?,7?,8-,11-/m1/s1. The number of aliphatic hydroxyl groups excluding tert-OH is 1. The van der Waals surface area contributed by atoms with Crippen LogP contribution in [-0.2, 0) is 4.74 Å². The van der Waals surface area contributed by atoms with Gasteiger partial charge >= 0.3 is 0 Å². The molecule has 114 valence electrons. The minimum Gasteiger partial charge on any atom is -0.387 e. The average Bonchev–Trinajstić information content (AvgIpc) is 2.93. The molecule has 0 amide bonds. The lowest BCUT2D eigenvalue weighted by Gasteiger charge is -2.18. The van der Waals surface area contributed by atoms with Gasteiger partial charge in [0.1, 0.15) is 11.6 Å². The Morgan fingerprint density at radius 2 is 2.19 bits per heavy atom. The summed E-state index contributed by atoms with van der Waals surface area (Å²) in [4.78, 5) is 11.9. The molecule has 7 nitrogen and oxygen atoms in total. The number of aliphatic hydroxyl groups is 1. The predicted octanol–water partition coefficient (Wildman–Crippen LogP) is 1.31. The number of hydrogen-bond donors (Lipinski definition) is 2. The second-order valence-electron chi connectivity index (χ2n) is 5.37. The van der Waals surface area contributed by atoms with Crippen LogP contribution in [0.2, 0.25) is 5.28 Å². The molecule has 1 fully saturated rings. The molecule has 0 aromatic carbocycles. The molecule has 0 saturated carbocycles. The van der Waals surface area contributed by atoms with E-state index < -0.39 is 24.6 Å². The van der Waals surface area contributed by atoms with Gasteiger partial charge in [-0.15, -0.1) is 0 Å². The fraction of sp³-hybridized carbons (Fsp3) is 0.583. The Morgan fingerprint density at radius 1 is 1.48 bits per heavy atom. The van der Waals surface area contributed by atoms with Gasteiger partial charge < -0.3 is 15.6 Å². The van der Waals surface area contributed by atoms with Gasteiger partial charge in [0.15, 0.2) is 23.9 Å². The van der Waals surface area contributed by atoms with E-state index in [1.54, 1.807) is 0 Å². The maximum atomic E-state index is 14.4. The Kier molecular flexibility index (Phi) is 3.46. The normalized spacial score (nSPS) is 29.6. The van der Waals surface area contributed by atoms with Crippen molar-refractivity contribution in [2.45, 2.75) is 38.5 Å². The number of rotatable bonds is 2. The molecule has 3 rings (SSSR count). The van der Waals surface area contributed by atoms with Crippen LogP contribution in [0.4, 0.5) is 10.2 Å². The maximum absolute atomic E-state index is 14.4. The summed E-state index contributed by atoms with van der Waals surface area (Å²) in [6.07, 6.45) is -3.06. The van der Waals surface area contributed by atoms with Gasteiger partial charge in [-0.1, -0.05) is 13.8 Å². The van der Waals surface area contributed by atoms with E-state index in [0.717, 1.165) is 0 Å². The summed E-state index contributed by atoms with van der Waals surface area (Å²) in [5, 5.41) is 9.90. The van der Waals surface area contributed by atoms with E-state index in [-0.39, 0.29) is 22.7 Å². The molecule has 2 unspecified atom stereocenters. The van der Waals surface area contributed by atoms with E-state index in [4.69, 9.17) is 22.1 Å². The SMILES string of the molecule is CC(C)[C@H]1O[C@@H](n2cnc3c(N)nc(Cl)nc32)C(F)C1O. The number of halogens is 2. The number of alkyl halides is 1. The number of aromatic nitrogens is 4. The van der Waals surface area contributed by atoms with Crippen LogP contribution in [0.5, 0.6) is 0 Å². The summed E-state index contributed by atoms with van der Waals surface area (Å²) < 4.78 is 21.4. The van der Waals surface area contributed by atoms with E-state index in [0.29, 0.717) is 5.52 Å². The number of ether oxygens (including phenoxy) is 1. The van der Waals surface area contributed by atoms with Gasteiger partial charge in [-0.2, -0.15) is 9.97 Å². The highest BCUT2D eigenvalue weighted by Crippen LogP contribution is 2.36. The molecular weight excluding hydrogens is 301 g/mol. The molecule has 9 heteroatoms. The monoisotopic (exact) mass is 315 g/mol. The van der Waals surface area contributed by atoms with E-state index >= 15 is 0 Å². The number of fused-ring (bicyclic) bond motifs is 1. The lowest BCUT2D eigenvalue weighted by atomic mass is 10.0. The van der Waals surface area contributed by atoms with Crippen LogP contribution in [0.15, 0.2) is 6.33 Å². The molecule has 21 heavy (non-hydrogen) atoms. The van der Waals surface area contributed by atoms with Gasteiger partial charge in [-0.05, 0) is 17.5 Å². The van der Waals surface area contributed by atoms with Crippen molar-refractivity contribution in [3.63, 3.8) is 0 Å². The summed E-state index contributed by atoms with van der Waals surface area (Å²) >= 11 is 5.78. The van der Waals surface area contributed by atoms with Gasteiger partial charge in [-0.3, -0.25) is 4.57 Å². The lowest BCUT2D eigenvalue weighted by molar-refractivity contribution is -0.0433. The highest BCUT2D eigenvalue weighted by molar-refractivity contribution is 6.28. The van der Waals surface area contributed by atoms with Crippen molar-refractivity contribution in [3.05, 3.63) is 11.6 Å². The number of hydrogen-bond acceptors (Lipinski definition) is 6. The van der Waals surface area contributed by atoms with Crippen molar-refractivity contribution in [1.82, 2.24) is 19.5 Å². The zero-order chi connectivity index (χ0) is 15.3. The topological polar surface area (TPSA) is 99.1 Å². The Labute approximate surface area is 124 Å². The second-order valence-corrected chi connectivity index (χ2v) is 5.71. The molecule has 3 N–H and O–H groups in total. The molecule has 1 aliphatic rings. The number of imidazole rings is 1. The highest BCUT2D eigenvalue weighted by Gasteiger charge is 2.46. The van der Waals surface area contributed by atoms with Gasteiger partial charge in [0.25, 0.3) is 0 Å². The second kappa shape index (κ2) is 5.04. The first-order chi connectivity index (χ1) is 9.90. The van der Waals surface area contributed by atoms with Crippen LogP contribution >= 0.6 is 11.6 Å². The smallest absolute Gasteiger partial charge is 0.226 e. The van der Waals surface area contributed by atoms with Crippen molar-refractivity contribution in [2.75, 3.05) is 5.73 Å². The van der Waals surface area contributed by atoms with Crippen LogP contribution in [-0.4, -0.2) is 43.0 Å². The van der Waals surface area contributed by atoms with Gasteiger partial charge in [0.2, 0.25) is 5.28 Å². The largest absolute Gasteiger partial charge is 0.387 e. The Hall–Kier alpha value is -1.51. The van der Waals surface area contributed by atoms with Crippen molar-refractivity contribution >= 4 is 28.6 Å². The van der Waals surface area contributed by atoms with Crippen LogP contribution in [0.1, 0.15) is 20.1 Å². The summed E-state index contributed by atoms with van der Waals surface area (Å²) in [5.74, 6) is 0.0828. The van der Waals surface area contributed by atoms with Crippen molar-refractivity contribution in [2.24, 2.45) is 5.92 Å². The van der Waals surface area contributed by atoms with E-state index in [2.05, 4.69) is 15.0 Å². The Balaban J connectivity index is 2.05. The molecule has 0 aliphatic carbocycles. The molecule has 0 bridgehead atoms. The predicted molar refractivity (Wildman–Crippen MR) is 74.4 cm³/mol. The van der Waals surface area contributed by atoms with Gasteiger partial charge in [-0.25, -0.2) is 9.37 Å². The summed E-state index contributed by atoms with van der Waals surface area (Å²) in [6.45, 7) is 3.71. The first-order valence-electron chi connectivity index (χ1n) is 6.53. The van der Waals surface area contributed by atoms with Crippen molar-refractivity contribution in [1.29, 1.82) is 0 Å². The first kappa shape index (κ1) is 14.4. The zero-order valence-corrected chi connectivity index (χ0v) is 12.2. The zero-order valence-electron chi connectivity index (χ0n) is 11.4. The third-order valence-corrected chi connectivity index (χ3v) is 3.75. The molecule has 1 aliphatic heterocycles. The van der Waals surface area contributed by atoms with Crippen LogP contribution < -0.4 is 5.73 Å². The molecule has 3 heterocycles. The molecule has 0 spiro atoms. The summed E-state index contributed by atoms with van der Waals surface area (Å²) in [6, 6.07) is 0. The number of nitrogens with two attached hydrogens (primary N) is 1. The van der Waals surface area contributed by atoms with Gasteiger partial charge in [0, 0.05) is 0 Å². The minimum absolute atomic E-state index is 0.0266. The Bertz CT molecular complexity index is 679. The van der Waals surface area contributed by atoms with Crippen LogP contribution in [0, 0.1) is 5.92 Å². The number of anilines is 1. The quantitative estimate of drug-likeness (QED) is 0.811. The fourth-order valence-electron chi connectivity index (χ4n) is 2.53. The molecular formula is C12H15ClFN5O2. The highest BCUT2D eigenvalue weighted by atomic mass is 35.5. The molecule has 0 radical (unpaired) electrons. The third kappa shape index (κ3) is 2.23. The fourth-order valence-corrected chi connectivity index (χ4v) is 2.70. The van der Waals surface area contributed by atoms with Gasteiger partial charge in [0.05, 0.1) is 12.4 Å². The summed E-state index contributed by atoms with van der Waals surface area (Å²) in [5.41, 5.74) is 6.30. The van der Waals surface area contributed by atoms with Crippen LogP contribution in [0.3, 0.4) is 0 Å². The first-order valence-corrected chi connectivity index (χ1v) is 6.91. The third-order valence-electron chi connectivity index (χ3n) is 3.58. The molecule has 4 atom stereocenters. The van der Waals surface area contributed by atoms with Crippen molar-refractivity contribution < 1.29 is 14.2 Å². The molecule has 1 saturated heterocycles. The van der Waals surface area contributed by atoms with Crippen molar-refractivity contribution in [3.8, 4) is 0 Å². The van der Waals surface area contributed by atoms with Crippen LogP contribution in [0.25, 0.3) is 11.2 Å². The van der Waals surface area contributed by atoms with E-state index in [9.17, 15) is 9.50 Å². The Morgan fingerprint density at radius 3 is 2.81 bits per heavy atom. The van der Waals surface area contributed by atoms with E-state index in [1.807, 2.05) is 13.8 Å². The lowest BCUT2D eigenvalue weighted by Crippen LogP contribution is -2.31. The average molecular weight is 316 g/mol. The number of nitrogen functional groups attached to an aromatic ring is 1. The van der Waals surface area contributed by atoms with E-state index in [1.165, 1.54) is 10.9 Å². The molecule has 2 aromatic heterocycles. The molecule has 2 aromatic rings. The minimum atomic E-state index is -1.59. The maximum Gasteiger partial charge on any atom is 0.226 e.